The molecule has 1 N–H and O–H groups in total. The van der Waals surface area contributed by atoms with Crippen LogP contribution in [0.4, 0.5) is 14.5 Å². The Morgan fingerprint density at radius 3 is 2.41 bits per heavy atom. The van der Waals surface area contributed by atoms with Gasteiger partial charge in [0.1, 0.15) is 29.7 Å². The van der Waals surface area contributed by atoms with Crippen LogP contribution >= 0.6 is 15.9 Å². The maximum Gasteiger partial charge on any atom is 0.236 e. The van der Waals surface area contributed by atoms with Crippen molar-refractivity contribution in [1.29, 1.82) is 0 Å². The summed E-state index contributed by atoms with van der Waals surface area (Å²) in [6, 6.07) is 9.20. The molecule has 0 saturated carbocycles. The van der Waals surface area contributed by atoms with Gasteiger partial charge in [-0.05, 0) is 42.5 Å². The fourth-order valence-corrected chi connectivity index (χ4v) is 2.83. The minimum absolute atomic E-state index is 0.134. The highest BCUT2D eigenvalue weighted by Crippen LogP contribution is 2.20. The number of halogens is 3. The van der Waals surface area contributed by atoms with Gasteiger partial charge in [0.25, 0.3) is 0 Å². The van der Waals surface area contributed by atoms with Gasteiger partial charge in [-0.2, -0.15) is 0 Å². The number of hydrogen-bond donors (Lipinski definition) is 1. The minimum atomic E-state index is -3.75. The first-order valence-electron chi connectivity index (χ1n) is 6.20. The van der Waals surface area contributed by atoms with E-state index in [-0.39, 0.29) is 18.0 Å². The van der Waals surface area contributed by atoms with Crippen molar-refractivity contribution in [1.82, 2.24) is 0 Å². The van der Waals surface area contributed by atoms with Gasteiger partial charge >= 0.3 is 0 Å². The fourth-order valence-electron chi connectivity index (χ4n) is 1.59. The molecule has 2 aromatic carbocycles. The van der Waals surface area contributed by atoms with Gasteiger partial charge < -0.3 is 4.74 Å². The Labute approximate surface area is 135 Å². The zero-order valence-corrected chi connectivity index (χ0v) is 13.6. The second-order valence-corrected chi connectivity index (χ2v) is 7.11. The van der Waals surface area contributed by atoms with E-state index >= 15 is 0 Å². The summed E-state index contributed by atoms with van der Waals surface area (Å²) in [5, 5.41) is 0. The summed E-state index contributed by atoms with van der Waals surface area (Å²) in [4.78, 5) is 0. The third-order valence-corrected chi connectivity index (χ3v) is 4.36. The lowest BCUT2D eigenvalue weighted by molar-refractivity contribution is 0.340. The Morgan fingerprint density at radius 2 is 1.77 bits per heavy atom. The zero-order chi connectivity index (χ0) is 16.2. The molecule has 8 heteroatoms. The largest absolute Gasteiger partial charge is 0.492 e. The average molecular weight is 392 g/mol. The maximum atomic E-state index is 13.6. The van der Waals surface area contributed by atoms with Crippen LogP contribution in [0.5, 0.6) is 5.75 Å². The van der Waals surface area contributed by atoms with Crippen LogP contribution in [0.25, 0.3) is 0 Å². The maximum absolute atomic E-state index is 13.6. The number of hydrogen-bond acceptors (Lipinski definition) is 3. The third kappa shape index (κ3) is 4.96. The van der Waals surface area contributed by atoms with Gasteiger partial charge in [0, 0.05) is 4.47 Å². The fraction of sp³-hybridized carbons (Fsp3) is 0.143. The van der Waals surface area contributed by atoms with E-state index < -0.39 is 21.7 Å². The highest BCUT2D eigenvalue weighted by atomic mass is 79.9. The molecule has 2 aromatic rings. The molecule has 0 spiro atoms. The molecule has 0 fully saturated rings. The molecule has 4 nitrogen and oxygen atoms in total. The van der Waals surface area contributed by atoms with Crippen molar-refractivity contribution in [2.24, 2.45) is 0 Å². The molecule has 0 amide bonds. The normalized spacial score (nSPS) is 11.2. The molecule has 2 rings (SSSR count). The summed E-state index contributed by atoms with van der Waals surface area (Å²) in [7, 11) is -3.75. The number of rotatable bonds is 6. The van der Waals surface area contributed by atoms with Crippen LogP contribution in [0.2, 0.25) is 0 Å². The van der Waals surface area contributed by atoms with E-state index in [1.807, 2.05) is 0 Å². The summed E-state index contributed by atoms with van der Waals surface area (Å²) in [6.07, 6.45) is 0. The van der Waals surface area contributed by atoms with Crippen molar-refractivity contribution >= 4 is 31.6 Å². The Kier molecular flexibility index (Phi) is 5.36. The predicted octanol–water partition coefficient (Wildman–Crippen LogP) is 3.55. The summed E-state index contributed by atoms with van der Waals surface area (Å²) in [5.74, 6) is -1.10. The molecule has 0 aliphatic rings. The van der Waals surface area contributed by atoms with Gasteiger partial charge in [-0.1, -0.05) is 15.9 Å². The second kappa shape index (κ2) is 7.06. The van der Waals surface area contributed by atoms with Gasteiger partial charge in [0.15, 0.2) is 0 Å². The van der Waals surface area contributed by atoms with Gasteiger partial charge in [-0.25, -0.2) is 17.2 Å². The quantitative estimate of drug-likeness (QED) is 0.818. The molecular weight excluding hydrogens is 380 g/mol. The Bertz CT molecular complexity index is 751. The van der Waals surface area contributed by atoms with Crippen LogP contribution in [-0.4, -0.2) is 20.8 Å². The van der Waals surface area contributed by atoms with Crippen LogP contribution in [0.15, 0.2) is 46.9 Å². The van der Waals surface area contributed by atoms with Crippen LogP contribution in [0.3, 0.4) is 0 Å². The third-order valence-electron chi connectivity index (χ3n) is 2.63. The number of sulfonamides is 1. The number of benzene rings is 2. The molecule has 0 aliphatic carbocycles. The van der Waals surface area contributed by atoms with Crippen LogP contribution in [0, 0.1) is 11.6 Å². The molecule has 0 unspecified atom stereocenters. The molecule has 0 aromatic heterocycles. The van der Waals surface area contributed by atoms with Crippen LogP contribution in [-0.2, 0) is 10.0 Å². The lowest BCUT2D eigenvalue weighted by Gasteiger charge is -2.10. The van der Waals surface area contributed by atoms with Gasteiger partial charge in [-0.15, -0.1) is 0 Å². The van der Waals surface area contributed by atoms with Crippen molar-refractivity contribution in [2.75, 3.05) is 17.1 Å². The van der Waals surface area contributed by atoms with E-state index in [4.69, 9.17) is 4.74 Å². The van der Waals surface area contributed by atoms with E-state index in [1.165, 1.54) is 36.4 Å². The number of ether oxygens (including phenoxy) is 1. The lowest BCUT2D eigenvalue weighted by atomic mass is 10.3. The highest BCUT2D eigenvalue weighted by Gasteiger charge is 2.13. The topological polar surface area (TPSA) is 55.4 Å². The van der Waals surface area contributed by atoms with Gasteiger partial charge in [0.05, 0.1) is 5.69 Å². The van der Waals surface area contributed by atoms with Crippen LogP contribution < -0.4 is 9.46 Å². The summed E-state index contributed by atoms with van der Waals surface area (Å²) in [5.41, 5.74) is -0.134. The van der Waals surface area contributed by atoms with E-state index in [9.17, 15) is 17.2 Å². The first-order valence-corrected chi connectivity index (χ1v) is 8.64. The molecule has 0 radical (unpaired) electrons. The zero-order valence-electron chi connectivity index (χ0n) is 11.2. The lowest BCUT2D eigenvalue weighted by Crippen LogP contribution is -2.21. The number of anilines is 1. The summed E-state index contributed by atoms with van der Waals surface area (Å²) >= 11 is 3.08. The SMILES string of the molecule is O=S(=O)(CCOc1ccc(F)cc1)Nc1ccc(Br)cc1F. The molecule has 0 atom stereocenters. The second-order valence-electron chi connectivity index (χ2n) is 4.35. The van der Waals surface area contributed by atoms with Gasteiger partial charge in [-0.3, -0.25) is 4.72 Å². The van der Waals surface area contributed by atoms with E-state index in [2.05, 4.69) is 20.7 Å². The van der Waals surface area contributed by atoms with E-state index in [0.29, 0.717) is 10.2 Å². The smallest absolute Gasteiger partial charge is 0.236 e. The molecule has 22 heavy (non-hydrogen) atoms. The monoisotopic (exact) mass is 391 g/mol. The summed E-state index contributed by atoms with van der Waals surface area (Å²) in [6.45, 7) is -0.140. The first kappa shape index (κ1) is 16.7. The van der Waals surface area contributed by atoms with Crippen molar-refractivity contribution in [3.05, 3.63) is 58.6 Å². The van der Waals surface area contributed by atoms with Crippen molar-refractivity contribution in [2.45, 2.75) is 0 Å². The van der Waals surface area contributed by atoms with Crippen molar-refractivity contribution in [3.63, 3.8) is 0 Å². The number of nitrogens with one attached hydrogen (secondary N) is 1. The summed E-state index contributed by atoms with van der Waals surface area (Å²) < 4.78 is 57.8. The molecule has 0 aliphatic heterocycles. The molecular formula is C14H12BrF2NO3S. The Hall–Kier alpha value is -1.67. The minimum Gasteiger partial charge on any atom is -0.492 e. The Balaban J connectivity index is 1.92. The van der Waals surface area contributed by atoms with Crippen molar-refractivity contribution < 1.29 is 21.9 Å². The average Bonchev–Trinajstić information content (AvgIpc) is 2.44. The molecule has 0 heterocycles. The predicted molar refractivity (Wildman–Crippen MR) is 83.4 cm³/mol. The van der Waals surface area contributed by atoms with Crippen molar-refractivity contribution in [3.8, 4) is 5.75 Å². The standard InChI is InChI=1S/C14H12BrF2NO3S/c15-10-1-6-14(13(17)9-10)18-22(19,20)8-7-21-12-4-2-11(16)3-5-12/h1-6,9,18H,7-8H2. The molecule has 0 bridgehead atoms. The van der Waals surface area contributed by atoms with Crippen LogP contribution in [0.1, 0.15) is 0 Å². The molecule has 0 saturated heterocycles. The first-order chi connectivity index (χ1) is 10.4. The van der Waals surface area contributed by atoms with E-state index in [0.717, 1.165) is 6.07 Å². The molecule has 118 valence electrons. The Morgan fingerprint density at radius 1 is 1.09 bits per heavy atom. The van der Waals surface area contributed by atoms with E-state index in [1.54, 1.807) is 0 Å². The van der Waals surface area contributed by atoms with Gasteiger partial charge in [0.2, 0.25) is 10.0 Å². The highest BCUT2D eigenvalue weighted by molar-refractivity contribution is 9.10.